The number of carboxylic acid groups (broad SMARTS) is 1. The molecule has 0 aromatic rings. The number of rotatable bonds is 8. The van der Waals surface area contributed by atoms with E-state index in [1.165, 1.54) is 0 Å². The van der Waals surface area contributed by atoms with Gasteiger partial charge in [0.1, 0.15) is 6.04 Å². The van der Waals surface area contributed by atoms with Gasteiger partial charge in [0.2, 0.25) is 5.91 Å². The summed E-state index contributed by atoms with van der Waals surface area (Å²) in [7, 11) is 0. The van der Waals surface area contributed by atoms with Gasteiger partial charge in [0.25, 0.3) is 0 Å². The van der Waals surface area contributed by atoms with E-state index < -0.39 is 30.4 Å². The molecule has 0 bridgehead atoms. The SMILES string of the molecule is CCCCN(C(=O)N[C@@H](CC(N)=O)C(=O)O)C1CC1. The largest absolute Gasteiger partial charge is 0.480 e. The predicted octanol–water partition coefficient (Wildman–Crippen LogP) is 0.289. The minimum absolute atomic E-state index is 0.203. The second kappa shape index (κ2) is 6.96. The molecule has 1 aliphatic rings. The Labute approximate surface area is 112 Å². The summed E-state index contributed by atoms with van der Waals surface area (Å²) < 4.78 is 0. The van der Waals surface area contributed by atoms with E-state index in [2.05, 4.69) is 5.32 Å². The van der Waals surface area contributed by atoms with Crippen LogP contribution in [0.15, 0.2) is 0 Å². The van der Waals surface area contributed by atoms with Crippen molar-refractivity contribution in [3.8, 4) is 0 Å². The second-order valence-electron chi connectivity index (χ2n) is 4.79. The zero-order valence-electron chi connectivity index (χ0n) is 11.1. The maximum Gasteiger partial charge on any atom is 0.326 e. The molecule has 0 aromatic heterocycles. The molecule has 0 aliphatic heterocycles. The van der Waals surface area contributed by atoms with E-state index in [9.17, 15) is 14.4 Å². The number of nitrogens with zero attached hydrogens (tertiary/aromatic N) is 1. The smallest absolute Gasteiger partial charge is 0.326 e. The van der Waals surface area contributed by atoms with Gasteiger partial charge in [0, 0.05) is 12.6 Å². The number of hydrogen-bond acceptors (Lipinski definition) is 3. The van der Waals surface area contributed by atoms with Gasteiger partial charge in [0.05, 0.1) is 6.42 Å². The van der Waals surface area contributed by atoms with Crippen LogP contribution in [0.1, 0.15) is 39.0 Å². The quantitative estimate of drug-likeness (QED) is 0.588. The third-order valence-electron chi connectivity index (χ3n) is 3.00. The molecule has 1 atom stereocenters. The van der Waals surface area contributed by atoms with Gasteiger partial charge < -0.3 is 21.1 Å². The van der Waals surface area contributed by atoms with Gasteiger partial charge in [-0.05, 0) is 19.3 Å². The number of primary amides is 1. The summed E-state index contributed by atoms with van der Waals surface area (Å²) in [6.45, 7) is 2.63. The summed E-state index contributed by atoms with van der Waals surface area (Å²) in [5, 5.41) is 11.3. The van der Waals surface area contributed by atoms with Gasteiger partial charge in [0.15, 0.2) is 0 Å². The van der Waals surface area contributed by atoms with E-state index in [1.807, 2.05) is 6.92 Å². The van der Waals surface area contributed by atoms with E-state index in [-0.39, 0.29) is 6.04 Å². The lowest BCUT2D eigenvalue weighted by Gasteiger charge is -2.24. The van der Waals surface area contributed by atoms with Crippen molar-refractivity contribution < 1.29 is 19.5 Å². The summed E-state index contributed by atoms with van der Waals surface area (Å²) in [4.78, 5) is 35.4. The lowest BCUT2D eigenvalue weighted by atomic mass is 10.2. The lowest BCUT2D eigenvalue weighted by molar-refractivity contribution is -0.141. The molecular formula is C12H21N3O4. The van der Waals surface area contributed by atoms with E-state index in [0.717, 1.165) is 25.7 Å². The van der Waals surface area contributed by atoms with Crippen molar-refractivity contribution in [2.24, 2.45) is 5.73 Å². The molecule has 0 spiro atoms. The van der Waals surface area contributed by atoms with Gasteiger partial charge in [-0.15, -0.1) is 0 Å². The first-order chi connectivity index (χ1) is 8.95. The number of carboxylic acids is 1. The molecule has 19 heavy (non-hydrogen) atoms. The van der Waals surface area contributed by atoms with Crippen molar-refractivity contribution in [1.29, 1.82) is 0 Å². The topological polar surface area (TPSA) is 113 Å². The van der Waals surface area contributed by atoms with Gasteiger partial charge >= 0.3 is 12.0 Å². The van der Waals surface area contributed by atoms with Gasteiger partial charge in [-0.1, -0.05) is 13.3 Å². The van der Waals surface area contributed by atoms with Crippen LogP contribution in [-0.2, 0) is 9.59 Å². The minimum atomic E-state index is -1.26. The van der Waals surface area contributed by atoms with Gasteiger partial charge in [-0.25, -0.2) is 9.59 Å². The first-order valence-electron chi connectivity index (χ1n) is 6.54. The molecule has 4 N–H and O–H groups in total. The molecule has 0 heterocycles. The molecule has 7 nitrogen and oxygen atoms in total. The van der Waals surface area contributed by atoms with Crippen molar-refractivity contribution in [2.45, 2.75) is 51.1 Å². The van der Waals surface area contributed by atoms with Gasteiger partial charge in [-0.2, -0.15) is 0 Å². The normalized spacial score (nSPS) is 15.6. The molecule has 0 radical (unpaired) electrons. The van der Waals surface area contributed by atoms with Crippen LogP contribution in [0.3, 0.4) is 0 Å². The van der Waals surface area contributed by atoms with E-state index in [1.54, 1.807) is 4.90 Å². The maximum absolute atomic E-state index is 12.0. The number of aliphatic carboxylic acids is 1. The molecule has 108 valence electrons. The van der Waals surface area contributed by atoms with Crippen molar-refractivity contribution in [3.05, 3.63) is 0 Å². The van der Waals surface area contributed by atoms with Crippen LogP contribution in [0.4, 0.5) is 4.79 Å². The number of carbonyl (C=O) groups excluding carboxylic acids is 2. The molecule has 0 saturated heterocycles. The van der Waals surface area contributed by atoms with Crippen LogP contribution in [0.25, 0.3) is 0 Å². The second-order valence-corrected chi connectivity index (χ2v) is 4.79. The van der Waals surface area contributed by atoms with Crippen molar-refractivity contribution in [2.75, 3.05) is 6.54 Å². The van der Waals surface area contributed by atoms with Crippen LogP contribution >= 0.6 is 0 Å². The fourth-order valence-corrected chi connectivity index (χ4v) is 1.80. The Balaban J connectivity index is 2.57. The highest BCUT2D eigenvalue weighted by molar-refractivity contribution is 5.87. The molecular weight excluding hydrogens is 250 g/mol. The molecule has 1 fully saturated rings. The number of nitrogens with two attached hydrogens (primary N) is 1. The first kappa shape index (κ1) is 15.3. The Morgan fingerprint density at radius 3 is 2.47 bits per heavy atom. The fourth-order valence-electron chi connectivity index (χ4n) is 1.80. The fraction of sp³-hybridized carbons (Fsp3) is 0.750. The van der Waals surface area contributed by atoms with Crippen molar-refractivity contribution in [3.63, 3.8) is 0 Å². The highest BCUT2D eigenvalue weighted by Gasteiger charge is 2.34. The summed E-state index contributed by atoms with van der Waals surface area (Å²) in [5.74, 6) is -2.00. The highest BCUT2D eigenvalue weighted by atomic mass is 16.4. The number of nitrogens with one attached hydrogen (secondary N) is 1. The Morgan fingerprint density at radius 2 is 2.05 bits per heavy atom. The van der Waals surface area contributed by atoms with Gasteiger partial charge in [-0.3, -0.25) is 4.79 Å². The van der Waals surface area contributed by atoms with Crippen molar-refractivity contribution >= 4 is 17.9 Å². The number of carbonyl (C=O) groups is 3. The monoisotopic (exact) mass is 271 g/mol. The molecule has 0 aromatic carbocycles. The highest BCUT2D eigenvalue weighted by Crippen LogP contribution is 2.27. The molecule has 3 amide bonds. The lowest BCUT2D eigenvalue weighted by Crippen LogP contribution is -2.50. The third kappa shape index (κ3) is 5.15. The zero-order chi connectivity index (χ0) is 14.4. The molecule has 1 aliphatic carbocycles. The van der Waals surface area contributed by atoms with Crippen LogP contribution in [-0.4, -0.2) is 46.5 Å². The third-order valence-corrected chi connectivity index (χ3v) is 3.00. The maximum atomic E-state index is 12.0. The predicted molar refractivity (Wildman–Crippen MR) is 68.4 cm³/mol. The Kier molecular flexibility index (Phi) is 5.59. The van der Waals surface area contributed by atoms with Crippen molar-refractivity contribution in [1.82, 2.24) is 10.2 Å². The zero-order valence-corrected chi connectivity index (χ0v) is 11.1. The van der Waals surface area contributed by atoms with E-state index in [0.29, 0.717) is 6.54 Å². The Bertz CT molecular complexity index is 355. The number of hydrogen-bond donors (Lipinski definition) is 3. The van der Waals surface area contributed by atoms with E-state index >= 15 is 0 Å². The summed E-state index contributed by atoms with van der Waals surface area (Å²) in [6, 6.07) is -1.48. The average Bonchev–Trinajstić information content (AvgIpc) is 3.12. The summed E-state index contributed by atoms with van der Waals surface area (Å²) in [5.41, 5.74) is 4.97. The molecule has 1 rings (SSSR count). The first-order valence-corrected chi connectivity index (χ1v) is 6.54. The summed E-state index contributed by atoms with van der Waals surface area (Å²) >= 11 is 0. The average molecular weight is 271 g/mol. The molecule has 7 heteroatoms. The molecule has 1 saturated carbocycles. The van der Waals surface area contributed by atoms with Crippen LogP contribution < -0.4 is 11.1 Å². The van der Waals surface area contributed by atoms with E-state index in [4.69, 9.17) is 10.8 Å². The van der Waals surface area contributed by atoms with Crippen LogP contribution in [0.5, 0.6) is 0 Å². The number of urea groups is 1. The number of amides is 3. The van der Waals surface area contributed by atoms with Crippen LogP contribution in [0.2, 0.25) is 0 Å². The number of unbranched alkanes of at least 4 members (excludes halogenated alkanes) is 1. The minimum Gasteiger partial charge on any atom is -0.480 e. The Morgan fingerprint density at radius 1 is 1.42 bits per heavy atom. The summed E-state index contributed by atoms with van der Waals surface area (Å²) in [6.07, 6.45) is 3.33. The standard InChI is InChI=1S/C12H21N3O4/c1-2-3-6-15(8-4-5-8)12(19)14-9(11(17)18)7-10(13)16/h8-9H,2-7H2,1H3,(H2,13,16)(H,14,19)(H,17,18)/t9-/m0/s1. The Hall–Kier alpha value is -1.79. The van der Waals surface area contributed by atoms with Crippen LogP contribution in [0, 0.1) is 0 Å². The molecule has 0 unspecified atom stereocenters.